The Bertz CT molecular complexity index is 454. The Labute approximate surface area is 130 Å². The zero-order chi connectivity index (χ0) is 15.5. The summed E-state index contributed by atoms with van der Waals surface area (Å²) in [6, 6.07) is 8.45. The lowest BCUT2D eigenvalue weighted by Gasteiger charge is -2.25. The summed E-state index contributed by atoms with van der Waals surface area (Å²) in [7, 11) is 0. The van der Waals surface area contributed by atoms with Crippen molar-refractivity contribution in [1.82, 2.24) is 4.90 Å². The molecule has 0 aliphatic rings. The molecule has 0 bridgehead atoms. The van der Waals surface area contributed by atoms with Gasteiger partial charge in [-0.2, -0.15) is 0 Å². The van der Waals surface area contributed by atoms with Crippen molar-refractivity contribution in [1.29, 1.82) is 0 Å². The van der Waals surface area contributed by atoms with E-state index in [0.717, 1.165) is 24.6 Å². The van der Waals surface area contributed by atoms with Gasteiger partial charge < -0.3 is 5.11 Å². The second-order valence-corrected chi connectivity index (χ2v) is 5.49. The molecule has 0 amide bonds. The maximum atomic E-state index is 8.77. The molecule has 0 atom stereocenters. The predicted octanol–water partition coefficient (Wildman–Crippen LogP) is 3.68. The van der Waals surface area contributed by atoms with E-state index in [2.05, 4.69) is 55.7 Å². The highest BCUT2D eigenvalue weighted by molar-refractivity contribution is 5.37. The third kappa shape index (κ3) is 6.80. The molecule has 0 heterocycles. The van der Waals surface area contributed by atoms with Gasteiger partial charge in [-0.1, -0.05) is 57.6 Å². The second-order valence-electron chi connectivity index (χ2n) is 5.49. The first-order chi connectivity index (χ1) is 10.2. The van der Waals surface area contributed by atoms with Crippen LogP contribution in [0.1, 0.15) is 51.2 Å². The molecule has 0 saturated heterocycles. The Morgan fingerprint density at radius 3 is 2.57 bits per heavy atom. The number of aliphatic hydroxyl groups excluding tert-OH is 1. The maximum Gasteiger partial charge on any atom is 0.0540 e. The lowest BCUT2D eigenvalue weighted by molar-refractivity contribution is 0.226. The van der Waals surface area contributed by atoms with Gasteiger partial charge in [-0.05, 0) is 30.2 Å². The predicted molar refractivity (Wildman–Crippen MR) is 90.0 cm³/mol. The Morgan fingerprint density at radius 2 is 1.95 bits per heavy atom. The molecule has 0 unspecified atom stereocenters. The van der Waals surface area contributed by atoms with Crippen LogP contribution in [0, 0.1) is 17.8 Å². The smallest absolute Gasteiger partial charge is 0.0540 e. The SMILES string of the molecule is CCC(CC)CN(CC)Cc1cccc(C#CCCO)c1. The second kappa shape index (κ2) is 10.4. The molecule has 2 nitrogen and oxygen atoms in total. The van der Waals surface area contributed by atoms with Crippen molar-refractivity contribution < 1.29 is 5.11 Å². The molecule has 1 aromatic carbocycles. The van der Waals surface area contributed by atoms with Crippen molar-refractivity contribution >= 4 is 0 Å². The van der Waals surface area contributed by atoms with E-state index in [4.69, 9.17) is 5.11 Å². The number of benzene rings is 1. The highest BCUT2D eigenvalue weighted by Gasteiger charge is 2.10. The quantitative estimate of drug-likeness (QED) is 0.737. The summed E-state index contributed by atoms with van der Waals surface area (Å²) in [6.45, 7) is 10.2. The molecule has 116 valence electrons. The summed E-state index contributed by atoms with van der Waals surface area (Å²) >= 11 is 0. The molecule has 1 N–H and O–H groups in total. The summed E-state index contributed by atoms with van der Waals surface area (Å²) < 4.78 is 0. The zero-order valence-electron chi connectivity index (χ0n) is 13.7. The van der Waals surface area contributed by atoms with Crippen LogP contribution in [0.25, 0.3) is 0 Å². The van der Waals surface area contributed by atoms with Crippen molar-refractivity contribution in [2.75, 3.05) is 19.7 Å². The molecule has 0 aromatic heterocycles. The molecule has 1 rings (SSSR count). The summed E-state index contributed by atoms with van der Waals surface area (Å²) in [5, 5.41) is 8.77. The fourth-order valence-electron chi connectivity index (χ4n) is 2.44. The first kappa shape index (κ1) is 17.8. The molecule has 0 saturated carbocycles. The minimum Gasteiger partial charge on any atom is -0.395 e. The average Bonchev–Trinajstić information content (AvgIpc) is 2.52. The van der Waals surface area contributed by atoms with Gasteiger partial charge in [-0.25, -0.2) is 0 Å². The van der Waals surface area contributed by atoms with Crippen LogP contribution in [-0.4, -0.2) is 29.7 Å². The zero-order valence-corrected chi connectivity index (χ0v) is 13.7. The van der Waals surface area contributed by atoms with Crippen LogP contribution in [0.3, 0.4) is 0 Å². The number of hydrogen-bond acceptors (Lipinski definition) is 2. The van der Waals surface area contributed by atoms with Crippen LogP contribution >= 0.6 is 0 Å². The Hall–Kier alpha value is -1.30. The van der Waals surface area contributed by atoms with Crippen molar-refractivity contribution in [2.24, 2.45) is 5.92 Å². The van der Waals surface area contributed by atoms with Gasteiger partial charge in [0.25, 0.3) is 0 Å². The number of rotatable bonds is 8. The van der Waals surface area contributed by atoms with E-state index in [0.29, 0.717) is 6.42 Å². The fourth-order valence-corrected chi connectivity index (χ4v) is 2.44. The molecule has 0 radical (unpaired) electrons. The number of nitrogens with zero attached hydrogens (tertiary/aromatic N) is 1. The van der Waals surface area contributed by atoms with Crippen LogP contribution in [0.2, 0.25) is 0 Å². The van der Waals surface area contributed by atoms with Gasteiger partial charge in [0.1, 0.15) is 0 Å². The van der Waals surface area contributed by atoms with E-state index in [-0.39, 0.29) is 6.61 Å². The minimum absolute atomic E-state index is 0.131. The first-order valence-corrected chi connectivity index (χ1v) is 8.14. The van der Waals surface area contributed by atoms with Gasteiger partial charge in [0, 0.05) is 25.1 Å². The van der Waals surface area contributed by atoms with E-state index >= 15 is 0 Å². The lowest BCUT2D eigenvalue weighted by atomic mass is 10.0. The van der Waals surface area contributed by atoms with Gasteiger partial charge >= 0.3 is 0 Å². The van der Waals surface area contributed by atoms with E-state index in [1.807, 2.05) is 6.07 Å². The molecule has 0 aliphatic carbocycles. The van der Waals surface area contributed by atoms with Crippen LogP contribution in [0.5, 0.6) is 0 Å². The summed E-state index contributed by atoms with van der Waals surface area (Å²) in [5.74, 6) is 6.88. The largest absolute Gasteiger partial charge is 0.395 e. The number of hydrogen-bond donors (Lipinski definition) is 1. The Balaban J connectivity index is 2.68. The summed E-state index contributed by atoms with van der Waals surface area (Å²) in [5.41, 5.74) is 2.36. The van der Waals surface area contributed by atoms with E-state index < -0.39 is 0 Å². The highest BCUT2D eigenvalue weighted by Crippen LogP contribution is 2.13. The van der Waals surface area contributed by atoms with Crippen molar-refractivity contribution in [3.8, 4) is 11.8 Å². The van der Waals surface area contributed by atoms with Crippen LogP contribution in [-0.2, 0) is 6.54 Å². The van der Waals surface area contributed by atoms with E-state index in [9.17, 15) is 0 Å². The van der Waals surface area contributed by atoms with Gasteiger partial charge in [-0.15, -0.1) is 0 Å². The lowest BCUT2D eigenvalue weighted by Crippen LogP contribution is -2.28. The van der Waals surface area contributed by atoms with Crippen LogP contribution in [0.4, 0.5) is 0 Å². The Kier molecular flexibility index (Phi) is 8.82. The van der Waals surface area contributed by atoms with Gasteiger partial charge in [0.2, 0.25) is 0 Å². The molecular formula is C19H29NO. The molecular weight excluding hydrogens is 258 g/mol. The topological polar surface area (TPSA) is 23.5 Å². The molecule has 2 heteroatoms. The Morgan fingerprint density at radius 1 is 1.19 bits per heavy atom. The molecule has 0 aliphatic heterocycles. The monoisotopic (exact) mass is 287 g/mol. The molecule has 0 spiro atoms. The molecule has 0 fully saturated rings. The summed E-state index contributed by atoms with van der Waals surface area (Å²) in [6.07, 6.45) is 3.04. The average molecular weight is 287 g/mol. The van der Waals surface area contributed by atoms with Gasteiger partial charge in [-0.3, -0.25) is 4.90 Å². The minimum atomic E-state index is 0.131. The van der Waals surface area contributed by atoms with Crippen LogP contribution in [0.15, 0.2) is 24.3 Å². The highest BCUT2D eigenvalue weighted by atomic mass is 16.2. The van der Waals surface area contributed by atoms with Gasteiger partial charge in [0.05, 0.1) is 6.61 Å². The van der Waals surface area contributed by atoms with Crippen molar-refractivity contribution in [3.63, 3.8) is 0 Å². The third-order valence-corrected chi connectivity index (χ3v) is 3.92. The number of aliphatic hydroxyl groups is 1. The fraction of sp³-hybridized carbons (Fsp3) is 0.579. The van der Waals surface area contributed by atoms with E-state index in [1.165, 1.54) is 24.9 Å². The van der Waals surface area contributed by atoms with Gasteiger partial charge in [0.15, 0.2) is 0 Å². The van der Waals surface area contributed by atoms with E-state index in [1.54, 1.807) is 0 Å². The van der Waals surface area contributed by atoms with Crippen LogP contribution < -0.4 is 0 Å². The molecule has 21 heavy (non-hydrogen) atoms. The maximum absolute atomic E-state index is 8.77. The first-order valence-electron chi connectivity index (χ1n) is 8.14. The standard InChI is InChI=1S/C19H29NO/c1-4-17(5-2)15-20(6-3)16-19-12-9-11-18(14-19)10-7-8-13-21/h9,11-12,14,17,21H,4-6,8,13,15-16H2,1-3H3. The van der Waals surface area contributed by atoms with Crippen molar-refractivity contribution in [3.05, 3.63) is 35.4 Å². The summed E-state index contributed by atoms with van der Waals surface area (Å²) in [4.78, 5) is 2.51. The third-order valence-electron chi connectivity index (χ3n) is 3.92. The van der Waals surface area contributed by atoms with Crippen molar-refractivity contribution in [2.45, 2.75) is 46.6 Å². The molecule has 1 aromatic rings. The normalized spacial score (nSPS) is 10.8.